The van der Waals surface area contributed by atoms with Crippen molar-refractivity contribution >= 4 is 43.5 Å². The predicted octanol–water partition coefficient (Wildman–Crippen LogP) is 8.28. The van der Waals surface area contributed by atoms with Gasteiger partial charge in [0.1, 0.15) is 0 Å². The van der Waals surface area contributed by atoms with Crippen LogP contribution in [-0.2, 0) is 0 Å². The van der Waals surface area contributed by atoms with Gasteiger partial charge in [0.25, 0.3) is 0 Å². The van der Waals surface area contributed by atoms with Gasteiger partial charge in [0.2, 0.25) is 0 Å². The second kappa shape index (κ2) is 9.03. The minimum absolute atomic E-state index is 0.800. The third kappa shape index (κ3) is 3.76. The Morgan fingerprint density at radius 3 is 1.73 bits per heavy atom. The summed E-state index contributed by atoms with van der Waals surface area (Å²) >= 11 is 0. The van der Waals surface area contributed by atoms with Crippen LogP contribution in [0.1, 0.15) is 0 Å². The first-order chi connectivity index (χ1) is 19.8. The van der Waals surface area contributed by atoms with E-state index in [0.29, 0.717) is 0 Å². The molecule has 5 nitrogen and oxygen atoms in total. The van der Waals surface area contributed by atoms with Crippen LogP contribution in [0.2, 0.25) is 0 Å². The summed E-state index contributed by atoms with van der Waals surface area (Å²) in [6.07, 6.45) is 3.57. The zero-order valence-electron chi connectivity index (χ0n) is 21.4. The first-order valence-electron chi connectivity index (χ1n) is 13.2. The summed E-state index contributed by atoms with van der Waals surface area (Å²) in [7, 11) is 0. The van der Waals surface area contributed by atoms with Gasteiger partial charge in [-0.05, 0) is 77.5 Å². The SMILES string of the molecule is c1ccc(-c2ccc3cc(-c4ccc5cc6ccccc6cc5n4)c4ccc(-c5ccccn5)nc4c3n2)nc1. The average Bonchev–Trinajstić information content (AvgIpc) is 3.03. The lowest BCUT2D eigenvalue weighted by Gasteiger charge is -2.12. The fraction of sp³-hybridized carbons (Fsp3) is 0. The van der Waals surface area contributed by atoms with Gasteiger partial charge in [0.05, 0.1) is 45.0 Å². The van der Waals surface area contributed by atoms with Gasteiger partial charge in [-0.3, -0.25) is 9.97 Å². The standard InChI is InChI=1S/C35H21N5/c1-2-8-23-21-33-24(19-22(23)7-1)11-14-28(38-33)27-20-25-12-15-31(29-9-3-5-17-36-29)39-34(25)35-26(27)13-16-32(40-35)30-10-4-6-18-37-30/h1-21H. The van der Waals surface area contributed by atoms with Crippen molar-refractivity contribution < 1.29 is 0 Å². The van der Waals surface area contributed by atoms with Crippen LogP contribution in [0.4, 0.5) is 0 Å². The number of nitrogens with zero attached hydrogens (tertiary/aromatic N) is 5. The van der Waals surface area contributed by atoms with Crippen LogP contribution < -0.4 is 0 Å². The Bertz CT molecular complexity index is 2210. The average molecular weight is 512 g/mol. The summed E-state index contributed by atoms with van der Waals surface area (Å²) in [5.41, 5.74) is 7.77. The maximum Gasteiger partial charge on any atom is 0.0979 e. The van der Waals surface area contributed by atoms with Crippen LogP contribution in [0, 0.1) is 0 Å². The van der Waals surface area contributed by atoms with E-state index in [0.717, 1.165) is 66.7 Å². The van der Waals surface area contributed by atoms with Crippen molar-refractivity contribution in [1.82, 2.24) is 24.9 Å². The molecule has 0 bridgehead atoms. The number of rotatable bonds is 3. The number of hydrogen-bond acceptors (Lipinski definition) is 5. The molecule has 186 valence electrons. The molecular formula is C35H21N5. The summed E-state index contributed by atoms with van der Waals surface area (Å²) in [4.78, 5) is 24.4. The first kappa shape index (κ1) is 22.4. The molecule has 5 heteroatoms. The van der Waals surface area contributed by atoms with Crippen LogP contribution in [0.5, 0.6) is 0 Å². The van der Waals surface area contributed by atoms with E-state index in [1.165, 1.54) is 10.8 Å². The molecular weight excluding hydrogens is 490 g/mol. The van der Waals surface area contributed by atoms with Crippen LogP contribution in [-0.4, -0.2) is 24.9 Å². The number of pyridine rings is 5. The van der Waals surface area contributed by atoms with E-state index in [1.807, 2.05) is 48.5 Å². The number of aromatic nitrogens is 5. The number of fused-ring (bicyclic) bond motifs is 5. The molecule has 40 heavy (non-hydrogen) atoms. The Morgan fingerprint density at radius 2 is 1.00 bits per heavy atom. The largest absolute Gasteiger partial charge is 0.255 e. The van der Waals surface area contributed by atoms with Crippen molar-refractivity contribution in [3.8, 4) is 34.0 Å². The van der Waals surface area contributed by atoms with E-state index < -0.39 is 0 Å². The van der Waals surface area contributed by atoms with E-state index >= 15 is 0 Å². The minimum Gasteiger partial charge on any atom is -0.255 e. The molecule has 0 radical (unpaired) electrons. The molecule has 8 aromatic rings. The Kier molecular flexibility index (Phi) is 5.07. The Labute approximate surface area is 229 Å². The summed E-state index contributed by atoms with van der Waals surface area (Å²) in [6.45, 7) is 0. The van der Waals surface area contributed by atoms with E-state index in [1.54, 1.807) is 12.4 Å². The van der Waals surface area contributed by atoms with Gasteiger partial charge in [-0.2, -0.15) is 0 Å². The molecule has 8 rings (SSSR count). The maximum atomic E-state index is 5.13. The van der Waals surface area contributed by atoms with E-state index in [-0.39, 0.29) is 0 Å². The van der Waals surface area contributed by atoms with E-state index in [4.69, 9.17) is 15.0 Å². The molecule has 0 aliphatic heterocycles. The molecule has 0 aliphatic rings. The molecule has 5 heterocycles. The molecule has 0 spiro atoms. The summed E-state index contributed by atoms with van der Waals surface area (Å²) < 4.78 is 0. The molecule has 3 aromatic carbocycles. The molecule has 5 aromatic heterocycles. The Hall–Kier alpha value is -5.55. The highest BCUT2D eigenvalue weighted by Gasteiger charge is 2.15. The third-order valence-electron chi connectivity index (χ3n) is 7.32. The number of benzene rings is 3. The predicted molar refractivity (Wildman–Crippen MR) is 162 cm³/mol. The summed E-state index contributed by atoms with van der Waals surface area (Å²) in [5.74, 6) is 0. The number of hydrogen-bond donors (Lipinski definition) is 0. The molecule has 0 amide bonds. The highest BCUT2D eigenvalue weighted by molar-refractivity contribution is 6.11. The van der Waals surface area contributed by atoms with Crippen LogP contribution >= 0.6 is 0 Å². The lowest BCUT2D eigenvalue weighted by atomic mass is 9.99. The van der Waals surface area contributed by atoms with Gasteiger partial charge in [0, 0.05) is 34.1 Å². The zero-order chi connectivity index (χ0) is 26.5. The summed E-state index contributed by atoms with van der Waals surface area (Å²) in [6, 6.07) is 39.1. The van der Waals surface area contributed by atoms with E-state index in [9.17, 15) is 0 Å². The first-order valence-corrected chi connectivity index (χ1v) is 13.2. The van der Waals surface area contributed by atoms with Gasteiger partial charge >= 0.3 is 0 Å². The van der Waals surface area contributed by atoms with Crippen LogP contribution in [0.25, 0.3) is 77.5 Å². The highest BCUT2D eigenvalue weighted by Crippen LogP contribution is 2.36. The van der Waals surface area contributed by atoms with Gasteiger partial charge in [0.15, 0.2) is 0 Å². The molecule has 0 fully saturated rings. The van der Waals surface area contributed by atoms with Gasteiger partial charge in [-0.25, -0.2) is 15.0 Å². The topological polar surface area (TPSA) is 64.5 Å². The minimum atomic E-state index is 0.800. The van der Waals surface area contributed by atoms with E-state index in [2.05, 4.69) is 76.7 Å². The molecule has 0 saturated heterocycles. The quantitative estimate of drug-likeness (QED) is 0.176. The highest BCUT2D eigenvalue weighted by atomic mass is 14.8. The van der Waals surface area contributed by atoms with Crippen molar-refractivity contribution in [2.45, 2.75) is 0 Å². The smallest absolute Gasteiger partial charge is 0.0979 e. The van der Waals surface area contributed by atoms with Crippen molar-refractivity contribution in [1.29, 1.82) is 0 Å². The third-order valence-corrected chi connectivity index (χ3v) is 7.32. The van der Waals surface area contributed by atoms with Crippen LogP contribution in [0.3, 0.4) is 0 Å². The van der Waals surface area contributed by atoms with Gasteiger partial charge < -0.3 is 0 Å². The fourth-order valence-electron chi connectivity index (χ4n) is 5.35. The van der Waals surface area contributed by atoms with Crippen molar-refractivity contribution in [2.75, 3.05) is 0 Å². The molecule has 0 saturated carbocycles. The maximum absolute atomic E-state index is 5.13. The molecule has 0 N–H and O–H groups in total. The summed E-state index contributed by atoms with van der Waals surface area (Å²) in [5, 5.41) is 5.49. The van der Waals surface area contributed by atoms with Crippen molar-refractivity contribution in [3.63, 3.8) is 0 Å². The van der Waals surface area contributed by atoms with Crippen LogP contribution in [0.15, 0.2) is 128 Å². The molecule has 0 unspecified atom stereocenters. The van der Waals surface area contributed by atoms with Gasteiger partial charge in [-0.15, -0.1) is 0 Å². The molecule has 0 aliphatic carbocycles. The normalized spacial score (nSPS) is 11.5. The second-order valence-corrected chi connectivity index (χ2v) is 9.80. The Balaban J connectivity index is 1.39. The molecule has 0 atom stereocenters. The monoisotopic (exact) mass is 511 g/mol. The lowest BCUT2D eigenvalue weighted by Crippen LogP contribution is -1.95. The van der Waals surface area contributed by atoms with Crippen molar-refractivity contribution in [3.05, 3.63) is 128 Å². The zero-order valence-corrected chi connectivity index (χ0v) is 21.4. The second-order valence-electron chi connectivity index (χ2n) is 9.80. The van der Waals surface area contributed by atoms with Gasteiger partial charge in [-0.1, -0.05) is 48.5 Å². The van der Waals surface area contributed by atoms with Crippen molar-refractivity contribution in [2.24, 2.45) is 0 Å². The lowest BCUT2D eigenvalue weighted by molar-refractivity contribution is 1.26. The Morgan fingerprint density at radius 1 is 0.375 bits per heavy atom. The fourth-order valence-corrected chi connectivity index (χ4v) is 5.35.